The van der Waals surface area contributed by atoms with Gasteiger partial charge in [-0.2, -0.15) is 4.98 Å². The predicted octanol–water partition coefficient (Wildman–Crippen LogP) is -0.448. The minimum Gasteiger partial charge on any atom is -0.396 e. The van der Waals surface area contributed by atoms with Gasteiger partial charge >= 0.3 is 0 Å². The smallest absolute Gasteiger partial charge is 0.246 e. The number of hydrogen-bond donors (Lipinski definition) is 2. The summed E-state index contributed by atoms with van der Waals surface area (Å²) in [5.41, 5.74) is 5.46. The van der Waals surface area contributed by atoms with Crippen LogP contribution in [-0.4, -0.2) is 21.9 Å². The molecule has 0 saturated heterocycles. The lowest BCUT2D eigenvalue weighted by Crippen LogP contribution is -2.19. The van der Waals surface area contributed by atoms with Crippen molar-refractivity contribution < 1.29 is 9.63 Å². The van der Waals surface area contributed by atoms with Crippen molar-refractivity contribution in [1.29, 1.82) is 0 Å². The van der Waals surface area contributed by atoms with Crippen LogP contribution in [0.4, 0.5) is 0 Å². The fourth-order valence-electron chi connectivity index (χ4n) is 1.01. The molecule has 3 N–H and O–H groups in total. The maximum absolute atomic E-state index is 8.59. The predicted molar refractivity (Wildman–Crippen MR) is 40.2 cm³/mol. The average molecular weight is 169 g/mol. The van der Waals surface area contributed by atoms with Crippen LogP contribution in [0.2, 0.25) is 0 Å². The lowest BCUT2D eigenvalue weighted by molar-refractivity contribution is 0.292. The minimum absolute atomic E-state index is 0.0382. The van der Waals surface area contributed by atoms with E-state index in [0.29, 0.717) is 18.1 Å². The molecule has 0 atom stereocenters. The third-order valence-corrected chi connectivity index (χ3v) is 2.02. The molecular formula is C7H11N3O2. The van der Waals surface area contributed by atoms with Crippen molar-refractivity contribution in [3.63, 3.8) is 0 Å². The summed E-state index contributed by atoms with van der Waals surface area (Å²) in [4.78, 5) is 4.07. The number of nitrogens with zero attached hydrogens (tertiary/aromatic N) is 2. The number of nitrogens with two attached hydrogens (primary N) is 1. The van der Waals surface area contributed by atoms with E-state index in [4.69, 9.17) is 15.4 Å². The quantitative estimate of drug-likeness (QED) is 0.640. The molecule has 1 fully saturated rings. The maximum atomic E-state index is 8.59. The van der Waals surface area contributed by atoms with Crippen LogP contribution in [0.3, 0.4) is 0 Å². The number of rotatable bonds is 3. The summed E-state index contributed by atoms with van der Waals surface area (Å²) in [7, 11) is 0. The van der Waals surface area contributed by atoms with Gasteiger partial charge < -0.3 is 15.4 Å². The summed E-state index contributed by atoms with van der Waals surface area (Å²) >= 11 is 0. The summed E-state index contributed by atoms with van der Waals surface area (Å²) in [6.07, 6.45) is 2.25. The van der Waals surface area contributed by atoms with E-state index >= 15 is 0 Å². The Kier molecular flexibility index (Phi) is 1.62. The molecule has 1 aromatic heterocycles. The SMILES string of the molecule is NC1(c2nc(CCO)no2)CC1. The molecule has 1 saturated carbocycles. The maximum Gasteiger partial charge on any atom is 0.246 e. The lowest BCUT2D eigenvalue weighted by atomic mass is 10.3. The Labute approximate surface area is 69.6 Å². The molecule has 2 rings (SSSR count). The number of aliphatic hydroxyl groups excluding tert-OH is 1. The first-order valence-electron chi connectivity index (χ1n) is 3.97. The number of aromatic nitrogens is 2. The molecule has 0 unspecified atom stereocenters. The third-order valence-electron chi connectivity index (χ3n) is 2.02. The Morgan fingerprint density at radius 1 is 1.58 bits per heavy atom. The summed E-state index contributed by atoms with van der Waals surface area (Å²) in [6.45, 7) is 0.0382. The summed E-state index contributed by atoms with van der Waals surface area (Å²) in [5, 5.41) is 12.3. The molecule has 1 aliphatic carbocycles. The molecule has 66 valence electrons. The van der Waals surface area contributed by atoms with E-state index in [1.807, 2.05) is 0 Å². The average Bonchev–Trinajstić information content (AvgIpc) is 2.64. The van der Waals surface area contributed by atoms with Crippen LogP contribution in [-0.2, 0) is 12.0 Å². The highest BCUT2D eigenvalue weighted by Gasteiger charge is 2.45. The van der Waals surface area contributed by atoms with E-state index in [-0.39, 0.29) is 12.1 Å². The molecule has 5 heteroatoms. The Hall–Kier alpha value is -0.940. The zero-order valence-electron chi connectivity index (χ0n) is 6.66. The highest BCUT2D eigenvalue weighted by Crippen LogP contribution is 2.41. The van der Waals surface area contributed by atoms with Crippen molar-refractivity contribution in [3.05, 3.63) is 11.7 Å². The topological polar surface area (TPSA) is 85.2 Å². The van der Waals surface area contributed by atoms with Crippen molar-refractivity contribution in [3.8, 4) is 0 Å². The Morgan fingerprint density at radius 2 is 2.33 bits per heavy atom. The number of hydrogen-bond acceptors (Lipinski definition) is 5. The normalized spacial score (nSPS) is 19.5. The van der Waals surface area contributed by atoms with Gasteiger partial charge in [-0.1, -0.05) is 5.16 Å². The van der Waals surface area contributed by atoms with Crippen LogP contribution in [0.1, 0.15) is 24.6 Å². The molecule has 0 bridgehead atoms. The van der Waals surface area contributed by atoms with Crippen molar-refractivity contribution in [2.75, 3.05) is 6.61 Å². The van der Waals surface area contributed by atoms with Gasteiger partial charge in [0.25, 0.3) is 0 Å². The van der Waals surface area contributed by atoms with Gasteiger partial charge in [0.05, 0.1) is 12.1 Å². The van der Waals surface area contributed by atoms with E-state index < -0.39 is 0 Å². The van der Waals surface area contributed by atoms with Gasteiger partial charge in [0, 0.05) is 6.42 Å². The molecular weight excluding hydrogens is 158 g/mol. The number of aliphatic hydroxyl groups is 1. The van der Waals surface area contributed by atoms with Crippen LogP contribution in [0, 0.1) is 0 Å². The van der Waals surface area contributed by atoms with E-state index in [9.17, 15) is 0 Å². The standard InChI is InChI=1S/C7H11N3O2/c8-7(2-3-7)6-9-5(1-4-11)10-12-6/h11H,1-4,8H2. The van der Waals surface area contributed by atoms with Gasteiger partial charge in [0.2, 0.25) is 5.89 Å². The van der Waals surface area contributed by atoms with Crippen molar-refractivity contribution in [2.24, 2.45) is 5.73 Å². The minimum atomic E-state index is -0.360. The van der Waals surface area contributed by atoms with Crippen LogP contribution >= 0.6 is 0 Å². The van der Waals surface area contributed by atoms with Gasteiger partial charge in [0.15, 0.2) is 5.82 Å². The Bertz CT molecular complexity index is 280. The second-order valence-electron chi connectivity index (χ2n) is 3.15. The third kappa shape index (κ3) is 1.21. The molecule has 0 aromatic carbocycles. The molecule has 0 aliphatic heterocycles. The zero-order chi connectivity index (χ0) is 8.60. The van der Waals surface area contributed by atoms with E-state index in [1.54, 1.807) is 0 Å². The van der Waals surface area contributed by atoms with Crippen LogP contribution in [0.15, 0.2) is 4.52 Å². The lowest BCUT2D eigenvalue weighted by Gasteiger charge is -1.97. The highest BCUT2D eigenvalue weighted by molar-refractivity contribution is 5.11. The molecule has 5 nitrogen and oxygen atoms in total. The zero-order valence-corrected chi connectivity index (χ0v) is 6.66. The van der Waals surface area contributed by atoms with E-state index in [1.165, 1.54) is 0 Å². The van der Waals surface area contributed by atoms with Gasteiger partial charge in [-0.05, 0) is 12.8 Å². The first-order chi connectivity index (χ1) is 5.74. The molecule has 1 aliphatic rings. The fraction of sp³-hybridized carbons (Fsp3) is 0.714. The van der Waals surface area contributed by atoms with E-state index in [2.05, 4.69) is 10.1 Å². The first kappa shape index (κ1) is 7.70. The van der Waals surface area contributed by atoms with Crippen molar-refractivity contribution in [2.45, 2.75) is 24.8 Å². The van der Waals surface area contributed by atoms with Gasteiger partial charge in [-0.3, -0.25) is 0 Å². The van der Waals surface area contributed by atoms with Crippen LogP contribution < -0.4 is 5.73 Å². The summed E-state index contributed by atoms with van der Waals surface area (Å²) < 4.78 is 4.95. The fourth-order valence-corrected chi connectivity index (χ4v) is 1.01. The van der Waals surface area contributed by atoms with Gasteiger partial charge in [0.1, 0.15) is 0 Å². The molecule has 0 amide bonds. The van der Waals surface area contributed by atoms with Gasteiger partial charge in [-0.15, -0.1) is 0 Å². The molecule has 0 radical (unpaired) electrons. The first-order valence-corrected chi connectivity index (χ1v) is 3.97. The molecule has 1 heterocycles. The summed E-state index contributed by atoms with van der Waals surface area (Å²) in [5.74, 6) is 1.04. The Morgan fingerprint density at radius 3 is 2.92 bits per heavy atom. The second kappa shape index (κ2) is 2.53. The van der Waals surface area contributed by atoms with Crippen LogP contribution in [0.25, 0.3) is 0 Å². The Balaban J connectivity index is 2.13. The molecule has 1 aromatic rings. The molecule has 12 heavy (non-hydrogen) atoms. The van der Waals surface area contributed by atoms with Crippen molar-refractivity contribution >= 4 is 0 Å². The van der Waals surface area contributed by atoms with Gasteiger partial charge in [-0.25, -0.2) is 0 Å². The largest absolute Gasteiger partial charge is 0.396 e. The highest BCUT2D eigenvalue weighted by atomic mass is 16.5. The van der Waals surface area contributed by atoms with Crippen molar-refractivity contribution in [1.82, 2.24) is 10.1 Å². The van der Waals surface area contributed by atoms with Crippen LogP contribution in [0.5, 0.6) is 0 Å². The van der Waals surface area contributed by atoms with E-state index in [0.717, 1.165) is 12.8 Å². The second-order valence-corrected chi connectivity index (χ2v) is 3.15. The summed E-state index contributed by atoms with van der Waals surface area (Å²) in [6, 6.07) is 0. The molecule has 0 spiro atoms. The monoisotopic (exact) mass is 169 g/mol.